The topological polar surface area (TPSA) is 45.2 Å². The summed E-state index contributed by atoms with van der Waals surface area (Å²) in [6, 6.07) is 18.2. The van der Waals surface area contributed by atoms with Gasteiger partial charge in [0, 0.05) is 45.8 Å². The summed E-state index contributed by atoms with van der Waals surface area (Å²) in [6.07, 6.45) is 1.98. The number of ether oxygens (including phenoxy) is 2. The third-order valence-electron chi connectivity index (χ3n) is 7.13. The van der Waals surface area contributed by atoms with Crippen LogP contribution in [0.4, 0.5) is 0 Å². The molecule has 3 saturated heterocycles. The van der Waals surface area contributed by atoms with Crippen molar-refractivity contribution in [2.75, 3.05) is 59.0 Å². The molecule has 170 valence electrons. The van der Waals surface area contributed by atoms with Crippen molar-refractivity contribution >= 4 is 5.91 Å². The summed E-state index contributed by atoms with van der Waals surface area (Å²) in [6.45, 7) is 9.06. The number of benzene rings is 2. The van der Waals surface area contributed by atoms with Gasteiger partial charge >= 0.3 is 0 Å². The highest BCUT2D eigenvalue weighted by atomic mass is 16.5. The first-order valence-electron chi connectivity index (χ1n) is 11.8. The van der Waals surface area contributed by atoms with Crippen LogP contribution in [0.15, 0.2) is 54.6 Å². The number of morpholine rings is 1. The zero-order valence-corrected chi connectivity index (χ0v) is 18.7. The maximum absolute atomic E-state index is 13.3. The summed E-state index contributed by atoms with van der Waals surface area (Å²) >= 11 is 0. The van der Waals surface area contributed by atoms with Gasteiger partial charge in [0.25, 0.3) is 0 Å². The summed E-state index contributed by atoms with van der Waals surface area (Å²) < 4.78 is 11.3. The molecule has 0 aromatic heterocycles. The molecule has 6 nitrogen and oxygen atoms in total. The molecule has 1 atom stereocenters. The van der Waals surface area contributed by atoms with Crippen molar-refractivity contribution in [1.82, 2.24) is 14.7 Å². The molecule has 2 aromatic carbocycles. The van der Waals surface area contributed by atoms with Crippen molar-refractivity contribution in [3.05, 3.63) is 60.2 Å². The Labute approximate surface area is 190 Å². The van der Waals surface area contributed by atoms with Crippen LogP contribution in [0.25, 0.3) is 0 Å². The van der Waals surface area contributed by atoms with Crippen LogP contribution in [-0.2, 0) is 16.1 Å². The number of likely N-dealkylation sites (tertiary alicyclic amines) is 2. The molecule has 6 heteroatoms. The Morgan fingerprint density at radius 1 is 0.812 bits per heavy atom. The molecule has 0 radical (unpaired) electrons. The summed E-state index contributed by atoms with van der Waals surface area (Å²) in [5, 5.41) is 0. The number of rotatable bonds is 7. The molecular formula is C26H33N3O3. The van der Waals surface area contributed by atoms with Crippen LogP contribution in [0.2, 0.25) is 0 Å². The third kappa shape index (κ3) is 4.82. The fourth-order valence-electron chi connectivity index (χ4n) is 5.21. The van der Waals surface area contributed by atoms with Crippen LogP contribution in [0.1, 0.15) is 18.4 Å². The minimum Gasteiger partial charge on any atom is -0.457 e. The van der Waals surface area contributed by atoms with E-state index in [-0.39, 0.29) is 5.41 Å². The number of hydrogen-bond acceptors (Lipinski definition) is 5. The number of para-hydroxylation sites is 1. The molecule has 3 heterocycles. The Hall–Kier alpha value is -2.41. The lowest BCUT2D eigenvalue weighted by atomic mass is 9.85. The highest BCUT2D eigenvalue weighted by Gasteiger charge is 2.50. The second-order valence-corrected chi connectivity index (χ2v) is 9.30. The molecule has 1 unspecified atom stereocenters. The van der Waals surface area contributed by atoms with Gasteiger partial charge in [-0.05, 0) is 49.2 Å². The summed E-state index contributed by atoms with van der Waals surface area (Å²) in [5.74, 6) is 2.07. The molecule has 5 rings (SSSR count). The number of hydrogen-bond donors (Lipinski definition) is 0. The average Bonchev–Trinajstić information content (AvgIpc) is 3.38. The SMILES string of the molecule is O=C1N(CCN2CCOCC2)CCC12CCN(Cc1ccc(Oc3ccccc3)cc1)C2. The van der Waals surface area contributed by atoms with Crippen LogP contribution in [-0.4, -0.2) is 79.6 Å². The minimum atomic E-state index is -0.165. The molecule has 1 amide bonds. The molecule has 1 spiro atoms. The van der Waals surface area contributed by atoms with E-state index in [9.17, 15) is 4.79 Å². The van der Waals surface area contributed by atoms with E-state index >= 15 is 0 Å². The van der Waals surface area contributed by atoms with Gasteiger partial charge in [-0.15, -0.1) is 0 Å². The second kappa shape index (κ2) is 9.61. The lowest BCUT2D eigenvalue weighted by Gasteiger charge is -2.29. The predicted molar refractivity (Wildman–Crippen MR) is 124 cm³/mol. The van der Waals surface area contributed by atoms with E-state index in [2.05, 4.69) is 26.8 Å². The van der Waals surface area contributed by atoms with Crippen molar-refractivity contribution in [1.29, 1.82) is 0 Å². The number of amides is 1. The minimum absolute atomic E-state index is 0.165. The molecule has 3 aliphatic rings. The lowest BCUT2D eigenvalue weighted by Crippen LogP contribution is -2.43. The Morgan fingerprint density at radius 3 is 2.31 bits per heavy atom. The van der Waals surface area contributed by atoms with E-state index in [0.717, 1.165) is 89.9 Å². The van der Waals surface area contributed by atoms with E-state index in [1.54, 1.807) is 0 Å². The van der Waals surface area contributed by atoms with Crippen LogP contribution < -0.4 is 4.74 Å². The van der Waals surface area contributed by atoms with Crippen molar-refractivity contribution in [2.45, 2.75) is 19.4 Å². The molecule has 0 saturated carbocycles. The van der Waals surface area contributed by atoms with Crippen LogP contribution in [0.5, 0.6) is 11.5 Å². The zero-order chi connectivity index (χ0) is 21.8. The molecule has 0 bridgehead atoms. The number of nitrogens with zero attached hydrogens (tertiary/aromatic N) is 3. The van der Waals surface area contributed by atoms with Gasteiger partial charge in [0.15, 0.2) is 0 Å². The normalized spacial score (nSPS) is 24.5. The van der Waals surface area contributed by atoms with Crippen LogP contribution in [0.3, 0.4) is 0 Å². The van der Waals surface area contributed by atoms with Crippen molar-refractivity contribution in [2.24, 2.45) is 5.41 Å². The fraction of sp³-hybridized carbons (Fsp3) is 0.500. The van der Waals surface area contributed by atoms with E-state index in [1.807, 2.05) is 42.5 Å². The monoisotopic (exact) mass is 435 g/mol. The molecule has 0 aliphatic carbocycles. The average molecular weight is 436 g/mol. The number of carbonyl (C=O) groups excluding carboxylic acids is 1. The van der Waals surface area contributed by atoms with Gasteiger partial charge < -0.3 is 14.4 Å². The standard InChI is InChI=1S/C26H33N3O3/c30-25-26(11-13-29(25)15-14-27-16-18-31-19-17-27)10-12-28(21-26)20-22-6-8-24(9-7-22)32-23-4-2-1-3-5-23/h1-9H,10-21H2. The van der Waals surface area contributed by atoms with Crippen molar-refractivity contribution in [3.63, 3.8) is 0 Å². The quantitative estimate of drug-likeness (QED) is 0.668. The van der Waals surface area contributed by atoms with Gasteiger partial charge in [0.2, 0.25) is 5.91 Å². The maximum Gasteiger partial charge on any atom is 0.230 e. The Kier molecular flexibility index (Phi) is 6.44. The lowest BCUT2D eigenvalue weighted by molar-refractivity contribution is -0.135. The third-order valence-corrected chi connectivity index (χ3v) is 7.13. The molecule has 3 fully saturated rings. The molecule has 0 N–H and O–H groups in total. The van der Waals surface area contributed by atoms with Crippen molar-refractivity contribution < 1.29 is 14.3 Å². The van der Waals surface area contributed by atoms with E-state index in [0.29, 0.717) is 5.91 Å². The predicted octanol–water partition coefficient (Wildman–Crippen LogP) is 3.24. The molecule has 3 aliphatic heterocycles. The first kappa shape index (κ1) is 21.4. The summed E-state index contributed by atoms with van der Waals surface area (Å²) in [7, 11) is 0. The van der Waals surface area contributed by atoms with E-state index in [1.165, 1.54) is 5.56 Å². The molecular weight excluding hydrogens is 402 g/mol. The fourth-order valence-corrected chi connectivity index (χ4v) is 5.21. The molecule has 32 heavy (non-hydrogen) atoms. The van der Waals surface area contributed by atoms with Gasteiger partial charge in [-0.25, -0.2) is 0 Å². The van der Waals surface area contributed by atoms with Crippen LogP contribution in [0, 0.1) is 5.41 Å². The highest BCUT2D eigenvalue weighted by Crippen LogP contribution is 2.41. The number of carbonyl (C=O) groups is 1. The Morgan fingerprint density at radius 2 is 1.53 bits per heavy atom. The maximum atomic E-state index is 13.3. The Balaban J connectivity index is 1.12. The van der Waals surface area contributed by atoms with Gasteiger partial charge in [-0.2, -0.15) is 0 Å². The largest absolute Gasteiger partial charge is 0.457 e. The van der Waals surface area contributed by atoms with Gasteiger partial charge in [0.1, 0.15) is 11.5 Å². The van der Waals surface area contributed by atoms with Crippen molar-refractivity contribution in [3.8, 4) is 11.5 Å². The van der Waals surface area contributed by atoms with Gasteiger partial charge in [0.05, 0.1) is 18.6 Å². The van der Waals surface area contributed by atoms with Gasteiger partial charge in [-0.1, -0.05) is 30.3 Å². The zero-order valence-electron chi connectivity index (χ0n) is 18.7. The van der Waals surface area contributed by atoms with Gasteiger partial charge in [-0.3, -0.25) is 14.6 Å². The van der Waals surface area contributed by atoms with Crippen LogP contribution >= 0.6 is 0 Å². The Bertz CT molecular complexity index is 898. The highest BCUT2D eigenvalue weighted by molar-refractivity contribution is 5.85. The van der Waals surface area contributed by atoms with E-state index in [4.69, 9.17) is 9.47 Å². The second-order valence-electron chi connectivity index (χ2n) is 9.30. The van der Waals surface area contributed by atoms with E-state index < -0.39 is 0 Å². The first-order chi connectivity index (χ1) is 15.7. The first-order valence-corrected chi connectivity index (χ1v) is 11.8. The summed E-state index contributed by atoms with van der Waals surface area (Å²) in [5.41, 5.74) is 1.10. The smallest absolute Gasteiger partial charge is 0.230 e. The molecule has 2 aromatic rings. The summed E-state index contributed by atoms with van der Waals surface area (Å²) in [4.78, 5) is 20.2.